The van der Waals surface area contributed by atoms with Crippen LogP contribution in [0.4, 0.5) is 5.82 Å². The molecule has 2 aromatic rings. The summed E-state index contributed by atoms with van der Waals surface area (Å²) in [5.74, 6) is 1.63. The number of anilines is 1. The van der Waals surface area contributed by atoms with Gasteiger partial charge in [-0.2, -0.15) is 4.98 Å². The first kappa shape index (κ1) is 8.71. The minimum atomic E-state index is 0.227. The highest BCUT2D eigenvalue weighted by atomic mass is 16.3. The highest BCUT2D eigenvalue weighted by Gasteiger charge is 2.37. The number of furan rings is 1. The molecule has 2 aromatic heterocycles. The van der Waals surface area contributed by atoms with Gasteiger partial charge in [0.25, 0.3) is 0 Å². The first-order valence-corrected chi connectivity index (χ1v) is 5.16. The van der Waals surface area contributed by atoms with Gasteiger partial charge in [0.15, 0.2) is 0 Å². The molecule has 0 atom stereocenters. The first-order chi connectivity index (χ1) is 7.16. The fraction of sp³-hybridized carbons (Fsp3) is 0.455. The lowest BCUT2D eigenvalue weighted by atomic mass is 10.3. The molecule has 1 saturated carbocycles. The Balaban J connectivity index is 2.11. The van der Waals surface area contributed by atoms with Crippen LogP contribution in [0.1, 0.15) is 25.6 Å². The van der Waals surface area contributed by atoms with Crippen LogP contribution < -0.4 is 5.32 Å². The lowest BCUT2D eigenvalue weighted by Crippen LogP contribution is -2.17. The molecule has 1 fully saturated rings. The van der Waals surface area contributed by atoms with Gasteiger partial charge in [-0.3, -0.25) is 0 Å². The molecule has 78 valence electrons. The van der Waals surface area contributed by atoms with Crippen molar-refractivity contribution >= 4 is 16.9 Å². The Bertz CT molecular complexity index is 514. The van der Waals surface area contributed by atoms with E-state index in [0.29, 0.717) is 5.71 Å². The van der Waals surface area contributed by atoms with Crippen molar-refractivity contribution in [2.75, 3.05) is 5.32 Å². The molecule has 0 saturated heterocycles. The van der Waals surface area contributed by atoms with Crippen LogP contribution in [0.5, 0.6) is 0 Å². The number of fused-ring (bicyclic) bond motifs is 1. The third kappa shape index (κ3) is 1.46. The average Bonchev–Trinajstić information content (AvgIpc) is 2.73. The summed E-state index contributed by atoms with van der Waals surface area (Å²) < 4.78 is 5.28. The van der Waals surface area contributed by atoms with E-state index in [2.05, 4.69) is 22.2 Å². The molecule has 2 heterocycles. The predicted molar refractivity (Wildman–Crippen MR) is 57.8 cm³/mol. The minimum Gasteiger partial charge on any atom is -0.446 e. The molecular formula is C11H13N3O. The molecule has 0 unspecified atom stereocenters. The topological polar surface area (TPSA) is 51.0 Å². The molecular weight excluding hydrogens is 190 g/mol. The van der Waals surface area contributed by atoms with Crippen molar-refractivity contribution in [3.8, 4) is 0 Å². The Morgan fingerprint density at radius 3 is 2.93 bits per heavy atom. The van der Waals surface area contributed by atoms with Crippen LogP contribution in [0.25, 0.3) is 11.1 Å². The summed E-state index contributed by atoms with van der Waals surface area (Å²) in [7, 11) is 0. The van der Waals surface area contributed by atoms with Crippen molar-refractivity contribution in [2.24, 2.45) is 0 Å². The molecule has 3 rings (SSSR count). The van der Waals surface area contributed by atoms with Crippen molar-refractivity contribution in [3.63, 3.8) is 0 Å². The summed E-state index contributed by atoms with van der Waals surface area (Å²) in [6.07, 6.45) is 4.06. The van der Waals surface area contributed by atoms with Crippen LogP contribution in [-0.2, 0) is 0 Å². The van der Waals surface area contributed by atoms with Gasteiger partial charge in [-0.1, -0.05) is 0 Å². The van der Waals surface area contributed by atoms with Gasteiger partial charge >= 0.3 is 0 Å². The van der Waals surface area contributed by atoms with E-state index in [1.165, 1.54) is 12.8 Å². The lowest BCUT2D eigenvalue weighted by molar-refractivity contribution is 0.601. The SMILES string of the molecule is Cc1nc(NC2(C)CC2)c2ccoc2n1. The third-order valence-corrected chi connectivity index (χ3v) is 2.86. The van der Waals surface area contributed by atoms with Crippen molar-refractivity contribution in [1.29, 1.82) is 0 Å². The van der Waals surface area contributed by atoms with E-state index in [4.69, 9.17) is 4.42 Å². The van der Waals surface area contributed by atoms with E-state index < -0.39 is 0 Å². The van der Waals surface area contributed by atoms with Gasteiger partial charge in [-0.15, -0.1) is 0 Å². The number of aryl methyl sites for hydroxylation is 1. The second-order valence-electron chi connectivity index (χ2n) is 4.44. The first-order valence-electron chi connectivity index (χ1n) is 5.16. The van der Waals surface area contributed by atoms with Gasteiger partial charge in [0.1, 0.15) is 11.6 Å². The number of aromatic nitrogens is 2. The molecule has 0 aliphatic heterocycles. The zero-order chi connectivity index (χ0) is 10.5. The summed E-state index contributed by atoms with van der Waals surface area (Å²) in [5.41, 5.74) is 0.889. The standard InChI is InChI=1S/C11H13N3O/c1-7-12-9(14-11(2)4-5-11)8-3-6-15-10(8)13-7/h3,6H,4-5H2,1-2H3,(H,12,13,14). The van der Waals surface area contributed by atoms with E-state index in [-0.39, 0.29) is 5.54 Å². The van der Waals surface area contributed by atoms with Gasteiger partial charge < -0.3 is 9.73 Å². The van der Waals surface area contributed by atoms with Crippen molar-refractivity contribution < 1.29 is 4.42 Å². The maximum atomic E-state index is 5.28. The van der Waals surface area contributed by atoms with Gasteiger partial charge in [-0.25, -0.2) is 4.98 Å². The number of hydrogen-bond acceptors (Lipinski definition) is 4. The predicted octanol–water partition coefficient (Wildman–Crippen LogP) is 2.50. The summed E-state index contributed by atoms with van der Waals surface area (Å²) >= 11 is 0. The Labute approximate surface area is 87.7 Å². The van der Waals surface area contributed by atoms with Crippen molar-refractivity contribution in [3.05, 3.63) is 18.2 Å². The molecule has 0 spiro atoms. The zero-order valence-corrected chi connectivity index (χ0v) is 8.87. The van der Waals surface area contributed by atoms with Gasteiger partial charge in [0.2, 0.25) is 5.71 Å². The van der Waals surface area contributed by atoms with Crippen LogP contribution >= 0.6 is 0 Å². The van der Waals surface area contributed by atoms with Crippen LogP contribution in [0, 0.1) is 6.92 Å². The smallest absolute Gasteiger partial charge is 0.231 e. The van der Waals surface area contributed by atoms with Crippen LogP contribution in [-0.4, -0.2) is 15.5 Å². The van der Waals surface area contributed by atoms with Crippen LogP contribution in [0.3, 0.4) is 0 Å². The largest absolute Gasteiger partial charge is 0.446 e. The second-order valence-corrected chi connectivity index (χ2v) is 4.44. The van der Waals surface area contributed by atoms with Crippen LogP contribution in [0.15, 0.2) is 16.7 Å². The maximum Gasteiger partial charge on any atom is 0.231 e. The molecule has 0 aromatic carbocycles. The summed E-state index contributed by atoms with van der Waals surface area (Å²) in [5, 5.41) is 4.42. The van der Waals surface area contributed by atoms with Crippen molar-refractivity contribution in [2.45, 2.75) is 32.2 Å². The maximum absolute atomic E-state index is 5.28. The lowest BCUT2D eigenvalue weighted by Gasteiger charge is -2.12. The second kappa shape index (κ2) is 2.72. The molecule has 1 aliphatic carbocycles. The quantitative estimate of drug-likeness (QED) is 0.814. The molecule has 0 amide bonds. The molecule has 15 heavy (non-hydrogen) atoms. The normalized spacial score (nSPS) is 18.0. The Kier molecular flexibility index (Phi) is 1.58. The van der Waals surface area contributed by atoms with E-state index in [1.54, 1.807) is 6.26 Å². The third-order valence-electron chi connectivity index (χ3n) is 2.86. The molecule has 1 aliphatic rings. The fourth-order valence-corrected chi connectivity index (χ4v) is 1.66. The number of nitrogens with zero attached hydrogens (tertiary/aromatic N) is 2. The Morgan fingerprint density at radius 2 is 2.20 bits per heavy atom. The molecule has 4 heteroatoms. The fourth-order valence-electron chi connectivity index (χ4n) is 1.66. The van der Waals surface area contributed by atoms with Gasteiger partial charge in [-0.05, 0) is 32.8 Å². The summed E-state index contributed by atoms with van der Waals surface area (Å²) in [4.78, 5) is 8.65. The summed E-state index contributed by atoms with van der Waals surface area (Å²) in [6, 6.07) is 1.91. The Morgan fingerprint density at radius 1 is 1.40 bits per heavy atom. The summed E-state index contributed by atoms with van der Waals surface area (Å²) in [6.45, 7) is 4.08. The molecule has 0 radical (unpaired) electrons. The number of hydrogen-bond donors (Lipinski definition) is 1. The van der Waals surface area contributed by atoms with E-state index in [9.17, 15) is 0 Å². The van der Waals surface area contributed by atoms with Gasteiger partial charge in [0, 0.05) is 5.54 Å². The van der Waals surface area contributed by atoms with E-state index >= 15 is 0 Å². The van der Waals surface area contributed by atoms with Crippen molar-refractivity contribution in [1.82, 2.24) is 9.97 Å². The highest BCUT2D eigenvalue weighted by molar-refractivity contribution is 5.85. The van der Waals surface area contributed by atoms with Crippen LogP contribution in [0.2, 0.25) is 0 Å². The minimum absolute atomic E-state index is 0.227. The molecule has 4 nitrogen and oxygen atoms in total. The zero-order valence-electron chi connectivity index (χ0n) is 8.87. The highest BCUT2D eigenvalue weighted by Crippen LogP contribution is 2.39. The van der Waals surface area contributed by atoms with E-state index in [1.807, 2.05) is 13.0 Å². The molecule has 1 N–H and O–H groups in total. The van der Waals surface area contributed by atoms with E-state index in [0.717, 1.165) is 17.0 Å². The number of rotatable bonds is 2. The van der Waals surface area contributed by atoms with Gasteiger partial charge in [0.05, 0.1) is 11.6 Å². The molecule has 0 bridgehead atoms. The number of nitrogens with one attached hydrogen (secondary N) is 1. The monoisotopic (exact) mass is 203 g/mol. The average molecular weight is 203 g/mol. The Hall–Kier alpha value is -1.58.